The van der Waals surface area contributed by atoms with Gasteiger partial charge in [0, 0.05) is 20.3 Å². The number of oxime groups is 1. The Morgan fingerprint density at radius 3 is 2.78 bits per heavy atom. The summed E-state index contributed by atoms with van der Waals surface area (Å²) in [5.41, 5.74) is -0.0260. The molecule has 0 saturated carbocycles. The van der Waals surface area contributed by atoms with E-state index in [1.54, 1.807) is 7.11 Å². The fourth-order valence-electron chi connectivity index (χ4n) is 3.91. The van der Waals surface area contributed by atoms with Crippen molar-refractivity contribution >= 4 is 5.90 Å². The van der Waals surface area contributed by atoms with Crippen molar-refractivity contribution in [2.45, 2.75) is 44.6 Å². The van der Waals surface area contributed by atoms with Crippen LogP contribution in [-0.4, -0.2) is 69.9 Å². The molecule has 0 bridgehead atoms. The molecule has 0 spiro atoms. The maximum Gasteiger partial charge on any atom is 0.232 e. The molecule has 2 saturated heterocycles. The van der Waals surface area contributed by atoms with Gasteiger partial charge in [-0.05, 0) is 58.3 Å². The average Bonchev–Trinajstić information content (AvgIpc) is 2.62. The first kappa shape index (κ1) is 17.0. The summed E-state index contributed by atoms with van der Waals surface area (Å²) in [6.07, 6.45) is 7.09. The van der Waals surface area contributed by atoms with Crippen LogP contribution in [0, 0.1) is 5.41 Å². The summed E-state index contributed by atoms with van der Waals surface area (Å²) in [6, 6.07) is 0. The molecular weight excluding hydrogens is 294 g/mol. The van der Waals surface area contributed by atoms with E-state index in [0.29, 0.717) is 6.61 Å². The first-order valence-electron chi connectivity index (χ1n) is 9.11. The SMILES string of the molecule is COCCC1(C2=NOCC(CN3CCCCC3)O2)CCNCC1. The predicted molar refractivity (Wildman–Crippen MR) is 89.6 cm³/mol. The number of rotatable bonds is 6. The van der Waals surface area contributed by atoms with Gasteiger partial charge in [-0.3, -0.25) is 4.90 Å². The highest BCUT2D eigenvalue weighted by Crippen LogP contribution is 2.36. The fraction of sp³-hybridized carbons (Fsp3) is 0.941. The van der Waals surface area contributed by atoms with Crippen molar-refractivity contribution in [3.8, 4) is 0 Å². The van der Waals surface area contributed by atoms with Gasteiger partial charge in [0.1, 0.15) is 6.10 Å². The number of ether oxygens (including phenoxy) is 2. The van der Waals surface area contributed by atoms with Crippen LogP contribution < -0.4 is 5.32 Å². The molecule has 3 aliphatic heterocycles. The van der Waals surface area contributed by atoms with Crippen LogP contribution in [0.1, 0.15) is 38.5 Å². The highest BCUT2D eigenvalue weighted by atomic mass is 16.7. The Labute approximate surface area is 139 Å². The minimum Gasteiger partial charge on any atom is -0.470 e. The van der Waals surface area contributed by atoms with Crippen molar-refractivity contribution in [3.63, 3.8) is 0 Å². The third-order valence-corrected chi connectivity index (χ3v) is 5.40. The third-order valence-electron chi connectivity index (χ3n) is 5.40. The number of nitrogens with zero attached hydrogens (tertiary/aromatic N) is 2. The van der Waals surface area contributed by atoms with Crippen molar-refractivity contribution in [1.82, 2.24) is 10.2 Å². The molecule has 0 aromatic rings. The second-order valence-electron chi connectivity index (χ2n) is 7.07. The topological polar surface area (TPSA) is 55.3 Å². The normalized spacial score (nSPS) is 28.6. The third kappa shape index (κ3) is 4.37. The van der Waals surface area contributed by atoms with E-state index in [4.69, 9.17) is 14.3 Å². The van der Waals surface area contributed by atoms with Gasteiger partial charge in [0.05, 0.1) is 5.41 Å². The van der Waals surface area contributed by atoms with Crippen LogP contribution in [-0.2, 0) is 14.3 Å². The van der Waals surface area contributed by atoms with Crippen LogP contribution in [0.4, 0.5) is 0 Å². The summed E-state index contributed by atoms with van der Waals surface area (Å²) in [5.74, 6) is 0.810. The molecule has 6 nitrogen and oxygen atoms in total. The smallest absolute Gasteiger partial charge is 0.232 e. The molecule has 2 fully saturated rings. The number of piperidine rings is 2. The summed E-state index contributed by atoms with van der Waals surface area (Å²) in [6.45, 7) is 6.64. The summed E-state index contributed by atoms with van der Waals surface area (Å²) >= 11 is 0. The molecule has 0 amide bonds. The van der Waals surface area contributed by atoms with Crippen LogP contribution in [0.3, 0.4) is 0 Å². The maximum absolute atomic E-state index is 6.33. The second-order valence-corrected chi connectivity index (χ2v) is 7.07. The quantitative estimate of drug-likeness (QED) is 0.804. The summed E-state index contributed by atoms with van der Waals surface area (Å²) < 4.78 is 11.7. The molecule has 3 rings (SSSR count). The van der Waals surface area contributed by atoms with Crippen LogP contribution >= 0.6 is 0 Å². The van der Waals surface area contributed by atoms with Gasteiger partial charge in [0.2, 0.25) is 5.90 Å². The monoisotopic (exact) mass is 325 g/mol. The van der Waals surface area contributed by atoms with Gasteiger partial charge in [-0.25, -0.2) is 0 Å². The Balaban J connectivity index is 1.61. The molecule has 132 valence electrons. The lowest BCUT2D eigenvalue weighted by Gasteiger charge is -2.40. The molecule has 0 aliphatic carbocycles. The number of hydrogen-bond acceptors (Lipinski definition) is 6. The molecule has 23 heavy (non-hydrogen) atoms. The number of likely N-dealkylation sites (tertiary alicyclic amines) is 1. The van der Waals surface area contributed by atoms with Gasteiger partial charge in [-0.15, -0.1) is 0 Å². The Morgan fingerprint density at radius 1 is 1.26 bits per heavy atom. The predicted octanol–water partition coefficient (Wildman–Crippen LogP) is 1.61. The molecule has 0 aromatic heterocycles. The van der Waals surface area contributed by atoms with Crippen LogP contribution in [0.2, 0.25) is 0 Å². The summed E-state index contributed by atoms with van der Waals surface area (Å²) in [5, 5.41) is 7.75. The largest absolute Gasteiger partial charge is 0.470 e. The van der Waals surface area contributed by atoms with E-state index in [1.807, 2.05) is 0 Å². The van der Waals surface area contributed by atoms with Crippen molar-refractivity contribution in [2.75, 3.05) is 53.0 Å². The van der Waals surface area contributed by atoms with Crippen LogP contribution in [0.25, 0.3) is 0 Å². The lowest BCUT2D eigenvalue weighted by atomic mass is 9.76. The van der Waals surface area contributed by atoms with E-state index in [0.717, 1.165) is 51.4 Å². The van der Waals surface area contributed by atoms with Gasteiger partial charge in [0.15, 0.2) is 6.61 Å². The van der Waals surface area contributed by atoms with E-state index in [9.17, 15) is 0 Å². The standard InChI is InChI=1S/C17H31N3O3/c1-21-12-7-17(5-8-18-9-6-17)16-19-22-14-15(23-16)13-20-10-3-2-4-11-20/h15,18H,2-14H2,1H3. The molecular formula is C17H31N3O3. The van der Waals surface area contributed by atoms with Crippen molar-refractivity contribution < 1.29 is 14.3 Å². The zero-order valence-corrected chi connectivity index (χ0v) is 14.4. The van der Waals surface area contributed by atoms with Crippen LogP contribution in [0.15, 0.2) is 5.16 Å². The summed E-state index contributed by atoms with van der Waals surface area (Å²) in [4.78, 5) is 8.07. The number of hydrogen-bond donors (Lipinski definition) is 1. The molecule has 0 aromatic carbocycles. The molecule has 1 N–H and O–H groups in total. The molecule has 3 heterocycles. The van der Waals surface area contributed by atoms with E-state index >= 15 is 0 Å². The van der Waals surface area contributed by atoms with Crippen molar-refractivity contribution in [1.29, 1.82) is 0 Å². The van der Waals surface area contributed by atoms with E-state index in [1.165, 1.54) is 32.4 Å². The first-order chi connectivity index (χ1) is 11.3. The number of nitrogens with one attached hydrogen (secondary N) is 1. The molecule has 0 radical (unpaired) electrons. The molecule has 1 unspecified atom stereocenters. The van der Waals surface area contributed by atoms with Crippen LogP contribution in [0.5, 0.6) is 0 Å². The fourth-order valence-corrected chi connectivity index (χ4v) is 3.91. The van der Waals surface area contributed by atoms with Crippen molar-refractivity contribution in [3.05, 3.63) is 0 Å². The second kappa shape index (κ2) is 8.31. The van der Waals surface area contributed by atoms with E-state index in [2.05, 4.69) is 15.4 Å². The maximum atomic E-state index is 6.33. The number of methoxy groups -OCH3 is 1. The summed E-state index contributed by atoms with van der Waals surface area (Å²) in [7, 11) is 1.76. The lowest BCUT2D eigenvalue weighted by molar-refractivity contribution is -0.0268. The Kier molecular flexibility index (Phi) is 6.14. The zero-order chi connectivity index (χ0) is 16.0. The Morgan fingerprint density at radius 2 is 2.04 bits per heavy atom. The van der Waals surface area contributed by atoms with Gasteiger partial charge in [-0.1, -0.05) is 11.6 Å². The van der Waals surface area contributed by atoms with E-state index in [-0.39, 0.29) is 11.5 Å². The molecule has 1 atom stereocenters. The first-order valence-corrected chi connectivity index (χ1v) is 9.11. The van der Waals surface area contributed by atoms with E-state index < -0.39 is 0 Å². The Bertz CT molecular complexity index is 391. The molecule has 3 aliphatic rings. The van der Waals surface area contributed by atoms with Gasteiger partial charge in [-0.2, -0.15) is 0 Å². The van der Waals surface area contributed by atoms with Gasteiger partial charge >= 0.3 is 0 Å². The van der Waals surface area contributed by atoms with Crippen molar-refractivity contribution in [2.24, 2.45) is 10.6 Å². The van der Waals surface area contributed by atoms with Gasteiger partial charge < -0.3 is 19.6 Å². The molecule has 6 heteroatoms. The average molecular weight is 325 g/mol. The highest BCUT2D eigenvalue weighted by Gasteiger charge is 2.42. The minimum absolute atomic E-state index is 0.0260. The zero-order valence-electron chi connectivity index (χ0n) is 14.4. The van der Waals surface area contributed by atoms with Gasteiger partial charge in [0.25, 0.3) is 0 Å². The lowest BCUT2D eigenvalue weighted by Crippen LogP contribution is -2.49. The highest BCUT2D eigenvalue weighted by molar-refractivity contribution is 5.83. The Hall–Kier alpha value is -0.850. The minimum atomic E-state index is -0.0260.